The topological polar surface area (TPSA) is 12.9 Å². The van der Waals surface area contributed by atoms with E-state index < -0.39 is 0 Å². The maximum absolute atomic E-state index is 4.61. The molecule has 88 valence electrons. The van der Waals surface area contributed by atoms with Crippen molar-refractivity contribution in [1.82, 2.24) is 4.98 Å². The van der Waals surface area contributed by atoms with Gasteiger partial charge in [-0.05, 0) is 53.7 Å². The van der Waals surface area contributed by atoms with Gasteiger partial charge in [0, 0.05) is 9.72 Å². The van der Waals surface area contributed by atoms with Gasteiger partial charge in [-0.2, -0.15) is 0 Å². The van der Waals surface area contributed by atoms with E-state index in [-0.39, 0.29) is 0 Å². The molecule has 1 nitrogen and oxygen atoms in total. The number of rotatable bonds is 2. The van der Waals surface area contributed by atoms with Gasteiger partial charge < -0.3 is 0 Å². The quantitative estimate of drug-likeness (QED) is 0.776. The summed E-state index contributed by atoms with van der Waals surface area (Å²) >= 11 is 5.45. The molecule has 2 atom stereocenters. The van der Waals surface area contributed by atoms with Crippen molar-refractivity contribution in [2.75, 3.05) is 0 Å². The van der Waals surface area contributed by atoms with Crippen molar-refractivity contribution in [3.05, 3.63) is 22.3 Å². The number of aryl methyl sites for hydroxylation is 1. The SMILES string of the molecule is Cc1nc(SC2CCCC(C)C2)ccc1Br. The fourth-order valence-corrected chi connectivity index (χ4v) is 3.85. The van der Waals surface area contributed by atoms with Crippen molar-refractivity contribution in [2.45, 2.75) is 49.8 Å². The third-order valence-corrected chi connectivity index (χ3v) is 5.24. The number of thioether (sulfide) groups is 1. The zero-order chi connectivity index (χ0) is 11.5. The molecule has 0 aliphatic heterocycles. The van der Waals surface area contributed by atoms with Crippen LogP contribution in [-0.4, -0.2) is 10.2 Å². The highest BCUT2D eigenvalue weighted by Gasteiger charge is 2.20. The Morgan fingerprint density at radius 2 is 2.19 bits per heavy atom. The number of hydrogen-bond donors (Lipinski definition) is 0. The Morgan fingerprint density at radius 1 is 1.38 bits per heavy atom. The highest BCUT2D eigenvalue weighted by molar-refractivity contribution is 9.10. The second kappa shape index (κ2) is 5.54. The van der Waals surface area contributed by atoms with E-state index in [4.69, 9.17) is 0 Å². The number of pyridine rings is 1. The van der Waals surface area contributed by atoms with E-state index in [0.717, 1.165) is 21.3 Å². The molecule has 0 N–H and O–H groups in total. The Morgan fingerprint density at radius 3 is 2.88 bits per heavy atom. The fraction of sp³-hybridized carbons (Fsp3) is 0.615. The molecule has 1 fully saturated rings. The standard InChI is InChI=1S/C13H18BrNS/c1-9-4-3-5-11(8-9)16-13-7-6-12(14)10(2)15-13/h6-7,9,11H,3-5,8H2,1-2H3. The molecule has 3 heteroatoms. The van der Waals surface area contributed by atoms with Gasteiger partial charge in [-0.1, -0.05) is 19.8 Å². The largest absolute Gasteiger partial charge is 0.246 e. The zero-order valence-corrected chi connectivity index (χ0v) is 12.3. The number of hydrogen-bond acceptors (Lipinski definition) is 2. The lowest BCUT2D eigenvalue weighted by Crippen LogP contribution is -2.15. The maximum Gasteiger partial charge on any atom is 0.0966 e. The molecular formula is C13H18BrNS. The minimum atomic E-state index is 0.775. The molecule has 0 aromatic carbocycles. The molecule has 1 heterocycles. The van der Waals surface area contributed by atoms with Gasteiger partial charge in [0.05, 0.1) is 10.7 Å². The summed E-state index contributed by atoms with van der Waals surface area (Å²) in [5.41, 5.74) is 1.09. The first-order chi connectivity index (χ1) is 7.65. The van der Waals surface area contributed by atoms with Crippen LogP contribution in [0.5, 0.6) is 0 Å². The summed E-state index contributed by atoms with van der Waals surface area (Å²) in [6, 6.07) is 4.23. The molecule has 1 aliphatic rings. The van der Waals surface area contributed by atoms with Gasteiger partial charge in [0.15, 0.2) is 0 Å². The molecule has 1 saturated carbocycles. The molecule has 2 unspecified atom stereocenters. The lowest BCUT2D eigenvalue weighted by atomic mass is 9.91. The number of halogens is 1. The average Bonchev–Trinajstić information content (AvgIpc) is 2.24. The van der Waals surface area contributed by atoms with Crippen LogP contribution < -0.4 is 0 Å². The van der Waals surface area contributed by atoms with Crippen LogP contribution in [-0.2, 0) is 0 Å². The van der Waals surface area contributed by atoms with Crippen molar-refractivity contribution in [2.24, 2.45) is 5.92 Å². The summed E-state index contributed by atoms with van der Waals surface area (Å²) in [5.74, 6) is 0.891. The van der Waals surface area contributed by atoms with Crippen molar-refractivity contribution in [3.63, 3.8) is 0 Å². The third kappa shape index (κ3) is 3.24. The second-order valence-electron chi connectivity index (χ2n) is 4.73. The molecular weight excluding hydrogens is 282 g/mol. The molecule has 2 rings (SSSR count). The van der Waals surface area contributed by atoms with Crippen LogP contribution in [0.4, 0.5) is 0 Å². The summed E-state index contributed by atoms with van der Waals surface area (Å²) in [6.07, 6.45) is 5.49. The predicted octanol–water partition coefficient (Wildman–Crippen LogP) is 4.82. The summed E-state index contributed by atoms with van der Waals surface area (Å²) in [7, 11) is 0. The van der Waals surface area contributed by atoms with Gasteiger partial charge in [-0.15, -0.1) is 11.8 Å². The van der Waals surface area contributed by atoms with E-state index in [1.807, 2.05) is 11.8 Å². The Hall–Kier alpha value is -0.0200. The summed E-state index contributed by atoms with van der Waals surface area (Å²) in [5, 5.41) is 1.96. The molecule has 16 heavy (non-hydrogen) atoms. The van der Waals surface area contributed by atoms with Crippen LogP contribution in [0.15, 0.2) is 21.6 Å². The molecule has 1 aromatic heterocycles. The second-order valence-corrected chi connectivity index (χ2v) is 6.90. The molecule has 0 amide bonds. The van der Waals surface area contributed by atoms with Gasteiger partial charge in [0.2, 0.25) is 0 Å². The Balaban J connectivity index is 2.00. The first kappa shape index (κ1) is 12.4. The molecule has 0 saturated heterocycles. The average molecular weight is 300 g/mol. The Kier molecular flexibility index (Phi) is 4.31. The van der Waals surface area contributed by atoms with Gasteiger partial charge in [-0.3, -0.25) is 0 Å². The van der Waals surface area contributed by atoms with Crippen molar-refractivity contribution in [1.29, 1.82) is 0 Å². The molecule has 1 aliphatic carbocycles. The number of nitrogens with zero attached hydrogens (tertiary/aromatic N) is 1. The van der Waals surface area contributed by atoms with Gasteiger partial charge in [0.1, 0.15) is 0 Å². The maximum atomic E-state index is 4.61. The van der Waals surface area contributed by atoms with E-state index in [1.54, 1.807) is 0 Å². The summed E-state index contributed by atoms with van der Waals surface area (Å²) < 4.78 is 1.11. The van der Waals surface area contributed by atoms with Crippen LogP contribution >= 0.6 is 27.7 Å². The normalized spacial score (nSPS) is 25.7. The first-order valence-electron chi connectivity index (χ1n) is 5.95. The lowest BCUT2D eigenvalue weighted by molar-refractivity contribution is 0.394. The first-order valence-corrected chi connectivity index (χ1v) is 7.62. The summed E-state index contributed by atoms with van der Waals surface area (Å²) in [4.78, 5) is 4.61. The van der Waals surface area contributed by atoms with E-state index >= 15 is 0 Å². The van der Waals surface area contributed by atoms with E-state index in [0.29, 0.717) is 0 Å². The zero-order valence-electron chi connectivity index (χ0n) is 9.87. The van der Waals surface area contributed by atoms with Crippen molar-refractivity contribution < 1.29 is 0 Å². The molecule has 0 spiro atoms. The minimum Gasteiger partial charge on any atom is -0.246 e. The fourth-order valence-electron chi connectivity index (χ4n) is 2.24. The molecule has 0 bridgehead atoms. The van der Waals surface area contributed by atoms with Gasteiger partial charge in [-0.25, -0.2) is 4.98 Å². The molecule has 1 aromatic rings. The summed E-state index contributed by atoms with van der Waals surface area (Å²) in [6.45, 7) is 4.42. The third-order valence-electron chi connectivity index (χ3n) is 3.17. The van der Waals surface area contributed by atoms with Gasteiger partial charge >= 0.3 is 0 Å². The molecule has 0 radical (unpaired) electrons. The Bertz CT molecular complexity index is 367. The van der Waals surface area contributed by atoms with E-state index in [1.165, 1.54) is 30.7 Å². The van der Waals surface area contributed by atoms with Gasteiger partial charge in [0.25, 0.3) is 0 Å². The highest BCUT2D eigenvalue weighted by Crippen LogP contribution is 2.35. The highest BCUT2D eigenvalue weighted by atomic mass is 79.9. The predicted molar refractivity (Wildman–Crippen MR) is 74.0 cm³/mol. The minimum absolute atomic E-state index is 0.775. The van der Waals surface area contributed by atoms with E-state index in [9.17, 15) is 0 Å². The van der Waals surface area contributed by atoms with Crippen LogP contribution in [0.2, 0.25) is 0 Å². The lowest BCUT2D eigenvalue weighted by Gasteiger charge is -2.25. The monoisotopic (exact) mass is 299 g/mol. The van der Waals surface area contributed by atoms with Crippen LogP contribution in [0.25, 0.3) is 0 Å². The van der Waals surface area contributed by atoms with E-state index in [2.05, 4.69) is 46.9 Å². The smallest absolute Gasteiger partial charge is 0.0966 e. The van der Waals surface area contributed by atoms with Crippen molar-refractivity contribution in [3.8, 4) is 0 Å². The number of aromatic nitrogens is 1. The Labute approximate surface area is 111 Å². The van der Waals surface area contributed by atoms with Crippen LogP contribution in [0.1, 0.15) is 38.3 Å². The van der Waals surface area contributed by atoms with Crippen LogP contribution in [0, 0.1) is 12.8 Å². The van der Waals surface area contributed by atoms with Crippen LogP contribution in [0.3, 0.4) is 0 Å². The van der Waals surface area contributed by atoms with Crippen molar-refractivity contribution >= 4 is 27.7 Å².